The van der Waals surface area contributed by atoms with Gasteiger partial charge < -0.3 is 19.9 Å². The van der Waals surface area contributed by atoms with Crippen LogP contribution in [0.25, 0.3) is 22.3 Å². The number of hydrogen-bond acceptors (Lipinski definition) is 5. The number of hydrogen-bond donors (Lipinski definition) is 2. The van der Waals surface area contributed by atoms with E-state index in [2.05, 4.69) is 20.2 Å². The Hall–Kier alpha value is -3.36. The second-order valence-electron chi connectivity index (χ2n) is 9.33. The van der Waals surface area contributed by atoms with Gasteiger partial charge in [0.05, 0.1) is 40.4 Å². The molecule has 5 rings (SSSR count). The first-order chi connectivity index (χ1) is 16.3. The normalized spacial score (nSPS) is 14.5. The Morgan fingerprint density at radius 2 is 1.91 bits per heavy atom. The molecule has 0 radical (unpaired) electrons. The Kier molecular flexibility index (Phi) is 5.79. The van der Waals surface area contributed by atoms with Gasteiger partial charge >= 0.3 is 0 Å². The Bertz CT molecular complexity index is 1350. The lowest BCUT2D eigenvalue weighted by Gasteiger charge is -2.26. The SMILES string of the molecule is CC(C)(C)n1cc(C(=O)Nc2ccc3nc(N4CCOCC4)[nH]c3c2)c(-c2ccccc2Cl)n1. The maximum absolute atomic E-state index is 13.4. The van der Waals surface area contributed by atoms with Crippen LogP contribution in [0.4, 0.5) is 11.6 Å². The number of imidazole rings is 1. The van der Waals surface area contributed by atoms with E-state index in [1.807, 2.05) is 57.2 Å². The lowest BCUT2D eigenvalue weighted by Crippen LogP contribution is -2.36. The molecule has 0 atom stereocenters. The average molecular weight is 479 g/mol. The number of ether oxygens (including phenoxy) is 1. The second kappa shape index (κ2) is 8.77. The van der Waals surface area contributed by atoms with Crippen LogP contribution < -0.4 is 10.2 Å². The molecule has 1 amide bonds. The molecule has 1 saturated heterocycles. The Balaban J connectivity index is 1.45. The minimum absolute atomic E-state index is 0.252. The number of rotatable bonds is 4. The number of amides is 1. The van der Waals surface area contributed by atoms with Gasteiger partial charge in [-0.15, -0.1) is 0 Å². The number of carbonyl (C=O) groups is 1. The second-order valence-corrected chi connectivity index (χ2v) is 9.74. The van der Waals surface area contributed by atoms with Crippen molar-refractivity contribution in [2.45, 2.75) is 26.3 Å². The van der Waals surface area contributed by atoms with Crippen molar-refractivity contribution in [3.05, 3.63) is 59.2 Å². The molecular formula is C25H27ClN6O2. The van der Waals surface area contributed by atoms with E-state index in [-0.39, 0.29) is 11.4 Å². The number of aromatic nitrogens is 4. The first-order valence-corrected chi connectivity index (χ1v) is 11.7. The predicted molar refractivity (Wildman–Crippen MR) is 135 cm³/mol. The van der Waals surface area contributed by atoms with Crippen molar-refractivity contribution in [3.8, 4) is 11.3 Å². The number of aromatic amines is 1. The van der Waals surface area contributed by atoms with Crippen molar-refractivity contribution >= 4 is 40.2 Å². The van der Waals surface area contributed by atoms with Gasteiger partial charge in [0.15, 0.2) is 0 Å². The lowest BCUT2D eigenvalue weighted by molar-refractivity contribution is 0.102. The van der Waals surface area contributed by atoms with Crippen molar-refractivity contribution in [2.75, 3.05) is 36.5 Å². The first kappa shape index (κ1) is 22.4. The summed E-state index contributed by atoms with van der Waals surface area (Å²) in [7, 11) is 0. The Labute approximate surface area is 202 Å². The number of anilines is 2. The maximum Gasteiger partial charge on any atom is 0.259 e. The first-order valence-electron chi connectivity index (χ1n) is 11.3. The molecule has 1 aliphatic rings. The van der Waals surface area contributed by atoms with E-state index in [4.69, 9.17) is 21.4 Å². The van der Waals surface area contributed by atoms with Crippen LogP contribution in [0.2, 0.25) is 5.02 Å². The number of morpholine rings is 1. The molecule has 0 unspecified atom stereocenters. The van der Waals surface area contributed by atoms with Crippen molar-refractivity contribution in [1.29, 1.82) is 0 Å². The van der Waals surface area contributed by atoms with E-state index < -0.39 is 0 Å². The fourth-order valence-corrected chi connectivity index (χ4v) is 4.16. The summed E-state index contributed by atoms with van der Waals surface area (Å²) in [4.78, 5) is 23.6. The third-order valence-corrected chi connectivity index (χ3v) is 6.14. The molecule has 4 aromatic rings. The molecule has 2 N–H and O–H groups in total. The quantitative estimate of drug-likeness (QED) is 0.434. The molecule has 3 heterocycles. The molecule has 1 aliphatic heterocycles. The molecule has 0 spiro atoms. The van der Waals surface area contributed by atoms with Gasteiger partial charge in [-0.3, -0.25) is 9.48 Å². The van der Waals surface area contributed by atoms with Crippen LogP contribution in [0.15, 0.2) is 48.7 Å². The van der Waals surface area contributed by atoms with Crippen LogP contribution >= 0.6 is 11.6 Å². The van der Waals surface area contributed by atoms with E-state index in [0.29, 0.717) is 35.2 Å². The summed E-state index contributed by atoms with van der Waals surface area (Å²) in [5, 5.41) is 8.28. The van der Waals surface area contributed by atoms with Crippen LogP contribution in [-0.4, -0.2) is 52.0 Å². The van der Waals surface area contributed by atoms with E-state index in [1.54, 1.807) is 16.9 Å². The number of nitrogens with one attached hydrogen (secondary N) is 2. The molecular weight excluding hydrogens is 452 g/mol. The summed E-state index contributed by atoms with van der Waals surface area (Å²) >= 11 is 6.45. The number of halogens is 1. The molecule has 0 saturated carbocycles. The van der Waals surface area contributed by atoms with Crippen molar-refractivity contribution in [1.82, 2.24) is 19.7 Å². The summed E-state index contributed by atoms with van der Waals surface area (Å²) in [6.45, 7) is 9.09. The van der Waals surface area contributed by atoms with Crippen LogP contribution in [0, 0.1) is 0 Å². The van der Waals surface area contributed by atoms with Crippen molar-refractivity contribution < 1.29 is 9.53 Å². The van der Waals surface area contributed by atoms with Gasteiger partial charge in [-0.05, 0) is 45.0 Å². The van der Waals surface area contributed by atoms with Crippen LogP contribution in [0.1, 0.15) is 31.1 Å². The minimum Gasteiger partial charge on any atom is -0.378 e. The predicted octanol–water partition coefficient (Wildman–Crippen LogP) is 4.92. The molecule has 0 aliphatic carbocycles. The molecule has 0 bridgehead atoms. The van der Waals surface area contributed by atoms with Gasteiger partial charge in [-0.25, -0.2) is 4.98 Å². The van der Waals surface area contributed by atoms with E-state index in [0.717, 1.165) is 35.6 Å². The summed E-state index contributed by atoms with van der Waals surface area (Å²) < 4.78 is 7.22. The molecule has 2 aromatic carbocycles. The van der Waals surface area contributed by atoms with Gasteiger partial charge in [-0.1, -0.05) is 29.8 Å². The number of fused-ring (bicyclic) bond motifs is 1. The van der Waals surface area contributed by atoms with Crippen LogP contribution in [0.3, 0.4) is 0 Å². The molecule has 34 heavy (non-hydrogen) atoms. The van der Waals surface area contributed by atoms with E-state index >= 15 is 0 Å². The highest BCUT2D eigenvalue weighted by Crippen LogP contribution is 2.31. The Morgan fingerprint density at radius 3 is 2.65 bits per heavy atom. The monoisotopic (exact) mass is 478 g/mol. The molecule has 9 heteroatoms. The smallest absolute Gasteiger partial charge is 0.259 e. The third-order valence-electron chi connectivity index (χ3n) is 5.81. The van der Waals surface area contributed by atoms with E-state index in [1.165, 1.54) is 0 Å². The molecule has 1 fully saturated rings. The topological polar surface area (TPSA) is 88.1 Å². The van der Waals surface area contributed by atoms with Gasteiger partial charge in [0.2, 0.25) is 5.95 Å². The number of H-pyrrole nitrogens is 1. The zero-order valence-electron chi connectivity index (χ0n) is 19.4. The average Bonchev–Trinajstić information content (AvgIpc) is 3.44. The number of nitrogens with zero attached hydrogens (tertiary/aromatic N) is 4. The Morgan fingerprint density at radius 1 is 1.15 bits per heavy atom. The largest absolute Gasteiger partial charge is 0.378 e. The van der Waals surface area contributed by atoms with Crippen molar-refractivity contribution in [2.24, 2.45) is 0 Å². The fourth-order valence-electron chi connectivity index (χ4n) is 3.93. The molecule has 176 valence electrons. The van der Waals surface area contributed by atoms with Gasteiger partial charge in [0.1, 0.15) is 5.69 Å². The fraction of sp³-hybridized carbons (Fsp3) is 0.320. The summed E-state index contributed by atoms with van der Waals surface area (Å²) in [5.41, 5.74) is 3.81. The van der Waals surface area contributed by atoms with Crippen molar-refractivity contribution in [3.63, 3.8) is 0 Å². The standard InChI is InChI=1S/C25H27ClN6O2/c1-25(2,3)32-15-18(22(30-32)17-6-4-5-7-19(17)26)23(33)27-16-8-9-20-21(14-16)29-24(28-20)31-10-12-34-13-11-31/h4-9,14-15H,10-13H2,1-3H3,(H,27,33)(H,28,29). The number of carbonyl (C=O) groups excluding carboxylic acids is 1. The maximum atomic E-state index is 13.4. The summed E-state index contributed by atoms with van der Waals surface area (Å²) in [5.74, 6) is 0.562. The third kappa shape index (κ3) is 4.38. The van der Waals surface area contributed by atoms with Crippen LogP contribution in [-0.2, 0) is 10.3 Å². The highest BCUT2D eigenvalue weighted by atomic mass is 35.5. The van der Waals surface area contributed by atoms with E-state index in [9.17, 15) is 4.79 Å². The summed E-state index contributed by atoms with van der Waals surface area (Å²) in [6, 6.07) is 13.1. The van der Waals surface area contributed by atoms with Gasteiger partial charge in [-0.2, -0.15) is 5.10 Å². The molecule has 8 nitrogen and oxygen atoms in total. The lowest BCUT2D eigenvalue weighted by atomic mass is 10.1. The van der Waals surface area contributed by atoms with Crippen LogP contribution in [0.5, 0.6) is 0 Å². The summed E-state index contributed by atoms with van der Waals surface area (Å²) in [6.07, 6.45) is 1.78. The zero-order valence-corrected chi connectivity index (χ0v) is 20.2. The van der Waals surface area contributed by atoms with Gasteiger partial charge in [0.25, 0.3) is 5.91 Å². The van der Waals surface area contributed by atoms with Gasteiger partial charge in [0, 0.05) is 30.5 Å². The number of benzene rings is 2. The molecule has 2 aromatic heterocycles. The zero-order chi connectivity index (χ0) is 23.9. The highest BCUT2D eigenvalue weighted by molar-refractivity contribution is 6.33. The highest BCUT2D eigenvalue weighted by Gasteiger charge is 2.24. The minimum atomic E-state index is -0.292.